The zero-order valence-electron chi connectivity index (χ0n) is 13.9. The van der Waals surface area contributed by atoms with E-state index in [2.05, 4.69) is 37.3 Å². The first-order valence-electron chi connectivity index (χ1n) is 6.46. The number of hydrogen-bond acceptors (Lipinski definition) is 6. The van der Waals surface area contributed by atoms with E-state index in [0.717, 1.165) is 20.8 Å². The van der Waals surface area contributed by atoms with Gasteiger partial charge in [-0.15, -0.1) is 0 Å². The maximum atomic E-state index is 8.89. The van der Waals surface area contributed by atoms with Crippen molar-refractivity contribution in [3.8, 4) is 0 Å². The quantitative estimate of drug-likeness (QED) is 0.400. The molecule has 24 heavy (non-hydrogen) atoms. The molecule has 2 aromatic carbocycles. The first-order valence-corrected chi connectivity index (χ1v) is 6.46. The van der Waals surface area contributed by atoms with Crippen LogP contribution in [0.25, 0.3) is 10.8 Å². The minimum absolute atomic E-state index is 0. The number of carbonyl (C=O) groups is 3. The van der Waals surface area contributed by atoms with Crippen molar-refractivity contribution in [2.75, 3.05) is 0 Å². The van der Waals surface area contributed by atoms with E-state index in [0.29, 0.717) is 0 Å². The standard InChI is InChI=1S/C11H9.3C2H4O2.Pb/c1-9-6-7-10-4-2-3-5-11(10)8-9;3*1-2(3)4;/h2-7H,1H3;3*1H3,(H,3,4);/p-3. The van der Waals surface area contributed by atoms with Gasteiger partial charge < -0.3 is 29.7 Å². The number of rotatable bonds is 0. The summed E-state index contributed by atoms with van der Waals surface area (Å²) in [4.78, 5) is 26.7. The van der Waals surface area contributed by atoms with Crippen LogP contribution in [0.2, 0.25) is 0 Å². The van der Waals surface area contributed by atoms with Crippen LogP contribution in [0.3, 0.4) is 0 Å². The Kier molecular flexibility index (Phi) is 17.8. The molecule has 0 spiro atoms. The van der Waals surface area contributed by atoms with Gasteiger partial charge in [-0.3, -0.25) is 0 Å². The van der Waals surface area contributed by atoms with Crippen LogP contribution < -0.4 is 15.3 Å². The van der Waals surface area contributed by atoms with Gasteiger partial charge in [-0.1, -0.05) is 36.4 Å². The molecule has 6 nitrogen and oxygen atoms in total. The third-order valence-electron chi connectivity index (χ3n) is 1.81. The molecule has 0 aliphatic carbocycles. The molecule has 0 unspecified atom stereocenters. The summed E-state index contributed by atoms with van der Waals surface area (Å²) in [6.07, 6.45) is 0. The average Bonchev–Trinajstić information content (AvgIpc) is 2.36. The number of benzene rings is 2. The summed E-state index contributed by atoms with van der Waals surface area (Å²) >= 11 is 0. The Balaban J connectivity index is -0.000000288. The van der Waals surface area contributed by atoms with Crippen molar-refractivity contribution < 1.29 is 29.7 Å². The molecule has 0 saturated carbocycles. The Hall–Kier alpha value is -1.97. The zero-order chi connectivity index (χ0) is 18.4. The fourth-order valence-electron chi connectivity index (χ4n) is 1.23. The van der Waals surface area contributed by atoms with Crippen molar-refractivity contribution in [1.29, 1.82) is 0 Å². The molecule has 0 aromatic heterocycles. The number of carboxylic acid groups (broad SMARTS) is 3. The third kappa shape index (κ3) is 22.3. The maximum absolute atomic E-state index is 8.89. The third-order valence-corrected chi connectivity index (χ3v) is 1.81. The zero-order valence-corrected chi connectivity index (χ0v) is 17.8. The molecule has 2 aromatic rings. The van der Waals surface area contributed by atoms with E-state index in [1.807, 2.05) is 12.1 Å². The van der Waals surface area contributed by atoms with Crippen molar-refractivity contribution in [1.82, 2.24) is 0 Å². The Morgan fingerprint density at radius 2 is 1.17 bits per heavy atom. The number of carbonyl (C=O) groups excluding carboxylic acids is 3. The van der Waals surface area contributed by atoms with E-state index in [4.69, 9.17) is 29.7 Å². The molecular weight excluding hydrogens is 507 g/mol. The van der Waals surface area contributed by atoms with Gasteiger partial charge in [0.15, 0.2) is 0 Å². The first-order chi connectivity index (χ1) is 10.6. The SMILES string of the molecule is CC(=O)[O-].CC(=O)[O-].CC(=O)[O-].Cc1[c]c2ccccc2cc1.[Pb]. The molecule has 0 N–H and O–H groups in total. The van der Waals surface area contributed by atoms with Gasteiger partial charge in [0.2, 0.25) is 0 Å². The van der Waals surface area contributed by atoms with Gasteiger partial charge in [0.05, 0.1) is 0 Å². The second-order valence-corrected chi connectivity index (χ2v) is 4.20. The molecule has 0 fully saturated rings. The Morgan fingerprint density at radius 1 is 0.792 bits per heavy atom. The van der Waals surface area contributed by atoms with E-state index >= 15 is 0 Å². The summed E-state index contributed by atoms with van der Waals surface area (Å²) < 4.78 is 0. The molecule has 0 aliphatic heterocycles. The van der Waals surface area contributed by atoms with Crippen LogP contribution in [0.15, 0.2) is 36.4 Å². The largest absolute Gasteiger partial charge is 0.550 e. The van der Waals surface area contributed by atoms with E-state index in [9.17, 15) is 0 Å². The van der Waals surface area contributed by atoms with Crippen LogP contribution in [0, 0.1) is 13.0 Å². The molecule has 7 heteroatoms. The first kappa shape index (κ1) is 26.9. The van der Waals surface area contributed by atoms with Crippen molar-refractivity contribution in [3.05, 3.63) is 48.0 Å². The van der Waals surface area contributed by atoms with Crippen LogP contribution in [0.5, 0.6) is 0 Å². The van der Waals surface area contributed by atoms with Crippen molar-refractivity contribution in [2.24, 2.45) is 0 Å². The Labute approximate surface area is 161 Å². The Morgan fingerprint density at radius 3 is 1.58 bits per heavy atom. The van der Waals surface area contributed by atoms with Gasteiger partial charge in [0, 0.05) is 45.2 Å². The van der Waals surface area contributed by atoms with E-state index in [1.54, 1.807) is 0 Å². The number of carboxylic acids is 3. The summed E-state index contributed by atoms with van der Waals surface area (Å²) in [6.45, 7) is 4.98. The van der Waals surface area contributed by atoms with Gasteiger partial charge in [0.25, 0.3) is 0 Å². The number of fused-ring (bicyclic) bond motifs is 1. The summed E-state index contributed by atoms with van der Waals surface area (Å²) in [7, 11) is 0. The molecule has 5 radical (unpaired) electrons. The Bertz CT molecular complexity index is 599. The van der Waals surface area contributed by atoms with Crippen LogP contribution in [-0.4, -0.2) is 45.2 Å². The second-order valence-electron chi connectivity index (χ2n) is 4.20. The number of aliphatic carboxylic acids is 3. The van der Waals surface area contributed by atoms with E-state index in [-0.39, 0.29) is 27.3 Å². The van der Waals surface area contributed by atoms with Crippen LogP contribution in [0.1, 0.15) is 26.3 Å². The van der Waals surface area contributed by atoms with Gasteiger partial charge in [-0.05, 0) is 50.1 Å². The second kappa shape index (κ2) is 15.9. The van der Waals surface area contributed by atoms with Crippen LogP contribution in [-0.2, 0) is 14.4 Å². The average molecular weight is 526 g/mol. The minimum atomic E-state index is -1.08. The summed E-state index contributed by atoms with van der Waals surface area (Å²) in [5.74, 6) is -3.25. The van der Waals surface area contributed by atoms with Crippen molar-refractivity contribution in [2.45, 2.75) is 27.7 Å². The molecule has 0 bridgehead atoms. The molecule has 0 heterocycles. The predicted molar refractivity (Wildman–Crippen MR) is 85.3 cm³/mol. The minimum Gasteiger partial charge on any atom is -0.550 e. The molecular formula is C17H18O6Pb-3. The number of hydrogen-bond donors (Lipinski definition) is 0. The van der Waals surface area contributed by atoms with E-state index in [1.165, 1.54) is 16.3 Å². The topological polar surface area (TPSA) is 120 Å². The smallest absolute Gasteiger partial charge is 0.0383 e. The van der Waals surface area contributed by atoms with Crippen molar-refractivity contribution >= 4 is 56.0 Å². The number of aryl methyl sites for hydroxylation is 1. The molecule has 0 aliphatic rings. The molecule has 2 rings (SSSR count). The summed E-state index contributed by atoms with van der Waals surface area (Å²) in [6, 6.07) is 15.8. The molecule has 129 valence electrons. The predicted octanol–water partition coefficient (Wildman–Crippen LogP) is -1.16. The maximum Gasteiger partial charge on any atom is 0.0383 e. The molecule has 0 amide bonds. The van der Waals surface area contributed by atoms with Gasteiger partial charge >= 0.3 is 0 Å². The molecule has 0 atom stereocenters. The monoisotopic (exact) mass is 526 g/mol. The summed E-state index contributed by atoms with van der Waals surface area (Å²) in [5, 5.41) is 29.1. The van der Waals surface area contributed by atoms with Gasteiger partial charge in [0.1, 0.15) is 0 Å². The fraction of sp³-hybridized carbons (Fsp3) is 0.235. The van der Waals surface area contributed by atoms with Crippen LogP contribution in [0.4, 0.5) is 0 Å². The van der Waals surface area contributed by atoms with Crippen LogP contribution >= 0.6 is 0 Å². The van der Waals surface area contributed by atoms with Gasteiger partial charge in [-0.25, -0.2) is 0 Å². The molecule has 0 saturated heterocycles. The van der Waals surface area contributed by atoms with Crippen molar-refractivity contribution in [3.63, 3.8) is 0 Å². The van der Waals surface area contributed by atoms with Gasteiger partial charge in [-0.2, -0.15) is 0 Å². The summed E-state index contributed by atoms with van der Waals surface area (Å²) in [5.41, 5.74) is 1.20. The van der Waals surface area contributed by atoms with E-state index < -0.39 is 17.9 Å². The normalized spacial score (nSPS) is 7.83. The fourth-order valence-corrected chi connectivity index (χ4v) is 1.23.